The minimum Gasteiger partial charge on any atom is -0.396 e. The number of aliphatic hydroxyl groups excluding tert-OH is 1. The number of fused-ring (bicyclic) bond motifs is 1. The molecule has 1 saturated carbocycles. The Balaban J connectivity index is 1.86. The third kappa shape index (κ3) is 2.02. The van der Waals surface area contributed by atoms with Gasteiger partial charge >= 0.3 is 0 Å². The lowest BCUT2D eigenvalue weighted by Crippen LogP contribution is -2.20. The number of aromatic nitrogens is 3. The van der Waals surface area contributed by atoms with E-state index < -0.39 is 0 Å². The third-order valence-electron chi connectivity index (χ3n) is 3.27. The molecule has 0 spiro atoms. The first-order valence-electron chi connectivity index (χ1n) is 5.56. The maximum Gasteiger partial charge on any atom is 0.180 e. The molecule has 0 aliphatic heterocycles. The summed E-state index contributed by atoms with van der Waals surface area (Å²) in [5, 5.41) is 12.6. The molecule has 2 N–H and O–H groups in total. The Labute approximate surface area is 107 Å². The molecule has 0 radical (unpaired) electrons. The summed E-state index contributed by atoms with van der Waals surface area (Å²) in [6.07, 6.45) is 7.65. The maximum absolute atomic E-state index is 9.27. The second kappa shape index (κ2) is 3.96. The fourth-order valence-electron chi connectivity index (χ4n) is 1.86. The molecule has 0 saturated heterocycles. The van der Waals surface area contributed by atoms with Crippen molar-refractivity contribution in [3.8, 4) is 0 Å². The number of anilines is 1. The van der Waals surface area contributed by atoms with E-state index >= 15 is 0 Å². The number of rotatable bonds is 4. The van der Waals surface area contributed by atoms with Crippen molar-refractivity contribution in [1.29, 1.82) is 0 Å². The Morgan fingerprint density at radius 3 is 3.06 bits per heavy atom. The summed E-state index contributed by atoms with van der Waals surface area (Å²) in [6.45, 7) is 0.980. The van der Waals surface area contributed by atoms with Crippen molar-refractivity contribution in [2.45, 2.75) is 12.8 Å². The maximum atomic E-state index is 9.27. The van der Waals surface area contributed by atoms with E-state index in [-0.39, 0.29) is 12.0 Å². The predicted octanol–water partition coefficient (Wildman–Crippen LogP) is 1.68. The number of aliphatic hydroxyl groups is 1. The van der Waals surface area contributed by atoms with Gasteiger partial charge in [-0.15, -0.1) is 0 Å². The molecule has 3 rings (SSSR count). The standard InChI is InChI=1S/C11H13BrN4O/c12-8-5-16-4-3-13-10(16)9(15-8)14-6-11(7-17)1-2-11/h3-5,17H,1-2,6-7H2,(H,14,15). The number of hydrogen-bond acceptors (Lipinski definition) is 4. The van der Waals surface area contributed by atoms with Crippen LogP contribution >= 0.6 is 15.9 Å². The summed E-state index contributed by atoms with van der Waals surface area (Å²) in [6, 6.07) is 0. The lowest BCUT2D eigenvalue weighted by atomic mass is 10.1. The molecular weight excluding hydrogens is 284 g/mol. The first-order chi connectivity index (χ1) is 8.22. The first kappa shape index (κ1) is 11.0. The van der Waals surface area contributed by atoms with Crippen molar-refractivity contribution in [3.63, 3.8) is 0 Å². The van der Waals surface area contributed by atoms with Crippen molar-refractivity contribution in [2.24, 2.45) is 5.41 Å². The van der Waals surface area contributed by atoms with Gasteiger partial charge in [0.05, 0.1) is 6.61 Å². The van der Waals surface area contributed by atoms with Gasteiger partial charge in [-0.25, -0.2) is 9.97 Å². The van der Waals surface area contributed by atoms with E-state index in [1.54, 1.807) is 6.20 Å². The number of nitrogens with zero attached hydrogens (tertiary/aromatic N) is 3. The van der Waals surface area contributed by atoms with Gasteiger partial charge in [0.25, 0.3) is 0 Å². The van der Waals surface area contributed by atoms with Crippen LogP contribution in [0.3, 0.4) is 0 Å². The van der Waals surface area contributed by atoms with Gasteiger partial charge in [-0.2, -0.15) is 0 Å². The van der Waals surface area contributed by atoms with Crippen molar-refractivity contribution in [3.05, 3.63) is 23.2 Å². The summed E-state index contributed by atoms with van der Waals surface area (Å²) in [7, 11) is 0. The van der Waals surface area contributed by atoms with Gasteiger partial charge < -0.3 is 14.8 Å². The number of nitrogens with one attached hydrogen (secondary N) is 1. The Hall–Kier alpha value is -1.14. The van der Waals surface area contributed by atoms with Crippen LogP contribution in [0.4, 0.5) is 5.82 Å². The molecule has 17 heavy (non-hydrogen) atoms. The third-order valence-corrected chi connectivity index (χ3v) is 3.65. The van der Waals surface area contributed by atoms with E-state index in [2.05, 4.69) is 31.2 Å². The molecule has 0 atom stereocenters. The summed E-state index contributed by atoms with van der Waals surface area (Å²) in [5.41, 5.74) is 0.870. The van der Waals surface area contributed by atoms with Crippen LogP contribution in [0, 0.1) is 5.41 Å². The molecule has 1 aliphatic rings. The van der Waals surface area contributed by atoms with Crippen molar-refractivity contribution in [2.75, 3.05) is 18.5 Å². The van der Waals surface area contributed by atoms with E-state index in [1.807, 2.05) is 16.8 Å². The average Bonchev–Trinajstić information content (AvgIpc) is 2.96. The molecule has 90 valence electrons. The Morgan fingerprint density at radius 2 is 2.35 bits per heavy atom. The number of hydrogen-bond donors (Lipinski definition) is 2. The lowest BCUT2D eigenvalue weighted by molar-refractivity contribution is 0.219. The van der Waals surface area contributed by atoms with Crippen LogP contribution in [0.25, 0.3) is 5.65 Å². The largest absolute Gasteiger partial charge is 0.396 e. The first-order valence-corrected chi connectivity index (χ1v) is 6.36. The Morgan fingerprint density at radius 1 is 1.53 bits per heavy atom. The van der Waals surface area contributed by atoms with Crippen LogP contribution in [0.5, 0.6) is 0 Å². The van der Waals surface area contributed by atoms with Crippen molar-refractivity contribution in [1.82, 2.24) is 14.4 Å². The highest BCUT2D eigenvalue weighted by Gasteiger charge is 2.41. The van der Waals surface area contributed by atoms with Crippen LogP contribution in [-0.4, -0.2) is 32.6 Å². The van der Waals surface area contributed by atoms with Crippen LogP contribution in [-0.2, 0) is 0 Å². The molecule has 6 heteroatoms. The summed E-state index contributed by atoms with van der Waals surface area (Å²) < 4.78 is 2.68. The lowest BCUT2D eigenvalue weighted by Gasteiger charge is -2.13. The van der Waals surface area contributed by atoms with Crippen molar-refractivity contribution < 1.29 is 5.11 Å². The molecule has 5 nitrogen and oxygen atoms in total. The van der Waals surface area contributed by atoms with Crippen LogP contribution in [0.1, 0.15) is 12.8 Å². The van der Waals surface area contributed by atoms with Gasteiger partial charge in [0.2, 0.25) is 0 Å². The summed E-state index contributed by atoms with van der Waals surface area (Å²) >= 11 is 3.37. The minimum atomic E-state index is 0.0631. The molecule has 0 bridgehead atoms. The SMILES string of the molecule is OCC1(CNc2nc(Br)cn3ccnc23)CC1. The van der Waals surface area contributed by atoms with E-state index in [1.165, 1.54) is 0 Å². The second-order valence-corrected chi connectivity index (χ2v) is 5.39. The topological polar surface area (TPSA) is 62.5 Å². The fraction of sp³-hybridized carbons (Fsp3) is 0.455. The van der Waals surface area contributed by atoms with Gasteiger partial charge in [-0.1, -0.05) is 0 Å². The van der Waals surface area contributed by atoms with Gasteiger partial charge in [-0.05, 0) is 28.8 Å². The molecule has 1 aliphatic carbocycles. The summed E-state index contributed by atoms with van der Waals surface area (Å²) in [5.74, 6) is 0.754. The Kier molecular flexibility index (Phi) is 2.56. The van der Waals surface area contributed by atoms with E-state index in [9.17, 15) is 5.11 Å². The molecule has 2 aromatic heterocycles. The van der Waals surface area contributed by atoms with Crippen LogP contribution in [0.15, 0.2) is 23.2 Å². The van der Waals surface area contributed by atoms with E-state index in [0.29, 0.717) is 0 Å². The monoisotopic (exact) mass is 296 g/mol. The number of halogens is 1. The normalized spacial score (nSPS) is 17.3. The van der Waals surface area contributed by atoms with Crippen molar-refractivity contribution >= 4 is 27.4 Å². The summed E-state index contributed by atoms with van der Waals surface area (Å²) in [4.78, 5) is 8.64. The van der Waals surface area contributed by atoms with Crippen LogP contribution < -0.4 is 5.32 Å². The smallest absolute Gasteiger partial charge is 0.180 e. The van der Waals surface area contributed by atoms with E-state index in [0.717, 1.165) is 35.5 Å². The van der Waals surface area contributed by atoms with Gasteiger partial charge in [0, 0.05) is 30.6 Å². The molecule has 0 aromatic carbocycles. The van der Waals surface area contributed by atoms with Crippen LogP contribution in [0.2, 0.25) is 0 Å². The minimum absolute atomic E-state index is 0.0631. The van der Waals surface area contributed by atoms with E-state index in [4.69, 9.17) is 0 Å². The second-order valence-electron chi connectivity index (χ2n) is 4.58. The quantitative estimate of drug-likeness (QED) is 0.901. The zero-order chi connectivity index (χ0) is 11.9. The molecule has 0 unspecified atom stereocenters. The Bertz CT molecular complexity index is 549. The molecule has 0 amide bonds. The molecular formula is C11H13BrN4O. The fourth-order valence-corrected chi connectivity index (χ4v) is 2.26. The number of imidazole rings is 1. The highest BCUT2D eigenvalue weighted by Crippen LogP contribution is 2.44. The average molecular weight is 297 g/mol. The van der Waals surface area contributed by atoms with Gasteiger partial charge in [-0.3, -0.25) is 0 Å². The van der Waals surface area contributed by atoms with Gasteiger partial charge in [0.15, 0.2) is 11.5 Å². The zero-order valence-corrected chi connectivity index (χ0v) is 10.8. The van der Waals surface area contributed by atoms with Gasteiger partial charge in [0.1, 0.15) is 4.60 Å². The highest BCUT2D eigenvalue weighted by atomic mass is 79.9. The zero-order valence-electron chi connectivity index (χ0n) is 9.23. The molecule has 2 aromatic rings. The molecule has 1 fully saturated rings. The highest BCUT2D eigenvalue weighted by molar-refractivity contribution is 9.10. The predicted molar refractivity (Wildman–Crippen MR) is 67.9 cm³/mol. The molecule has 2 heterocycles.